The van der Waals surface area contributed by atoms with E-state index in [2.05, 4.69) is 0 Å². The van der Waals surface area contributed by atoms with Crippen LogP contribution < -0.4 is 0 Å². The summed E-state index contributed by atoms with van der Waals surface area (Å²) in [5.74, 6) is 0. The van der Waals surface area contributed by atoms with Gasteiger partial charge >= 0.3 is 0 Å². The molecule has 0 unspecified atom stereocenters. The fourth-order valence-electron chi connectivity index (χ4n) is 2.14. The lowest BCUT2D eigenvalue weighted by Gasteiger charge is -2.07. The smallest absolute Gasteiger partial charge is 0.0700 e. The third-order valence-electron chi connectivity index (χ3n) is 3.20. The second-order valence-corrected chi connectivity index (χ2v) is 4.76. The van der Waals surface area contributed by atoms with Gasteiger partial charge in [0, 0.05) is 13.2 Å². The Morgan fingerprint density at radius 3 is 1.00 bits per heavy atom. The van der Waals surface area contributed by atoms with E-state index in [9.17, 15) is 0 Å². The molecule has 0 atom stereocenters. The van der Waals surface area contributed by atoms with Gasteiger partial charge in [0.25, 0.3) is 0 Å². The Labute approximate surface area is 101 Å². The van der Waals surface area contributed by atoms with E-state index < -0.39 is 0 Å². The Bertz CT molecular complexity index is 72.7. The Hall–Kier alpha value is -0.0800. The van der Waals surface area contributed by atoms with Crippen LogP contribution in [0.2, 0.25) is 0 Å². The molecule has 96 valence electrons. The van der Waals surface area contributed by atoms with Crippen LogP contribution in [0.3, 0.4) is 0 Å². The summed E-state index contributed by atoms with van der Waals surface area (Å²) in [6, 6.07) is 0. The van der Waals surface area contributed by atoms with Gasteiger partial charge in [-0.2, -0.15) is 0 Å². The Morgan fingerprint density at radius 2 is 0.625 bits per heavy atom. The van der Waals surface area contributed by atoms with Crippen molar-refractivity contribution in [1.82, 2.24) is 0 Å². The maximum Gasteiger partial charge on any atom is 0.0700 e. The highest BCUT2D eigenvalue weighted by Crippen LogP contribution is 2.10. The van der Waals surface area contributed by atoms with Gasteiger partial charge in [0.1, 0.15) is 0 Å². The van der Waals surface area contributed by atoms with Gasteiger partial charge in [0.15, 0.2) is 0 Å². The van der Waals surface area contributed by atoms with E-state index in [4.69, 9.17) is 9.47 Å². The zero-order chi connectivity index (χ0) is 11.3. The van der Waals surface area contributed by atoms with Crippen molar-refractivity contribution in [3.05, 3.63) is 0 Å². The highest BCUT2D eigenvalue weighted by Gasteiger charge is 1.96. The molecule has 16 heavy (non-hydrogen) atoms. The molecule has 0 N–H and O–H groups in total. The summed E-state index contributed by atoms with van der Waals surface area (Å²) in [6.07, 6.45) is 13.6. The van der Waals surface area contributed by atoms with Gasteiger partial charge in [-0.05, 0) is 12.8 Å². The molecule has 0 radical (unpaired) electrons. The summed E-state index contributed by atoms with van der Waals surface area (Å²) in [5.41, 5.74) is 0. The van der Waals surface area contributed by atoms with Gasteiger partial charge in [-0.15, -0.1) is 0 Å². The van der Waals surface area contributed by atoms with Crippen molar-refractivity contribution in [3.8, 4) is 0 Å². The molecule has 2 heteroatoms. The average molecular weight is 228 g/mol. The van der Waals surface area contributed by atoms with Gasteiger partial charge in [-0.1, -0.05) is 51.4 Å². The zero-order valence-electron chi connectivity index (χ0n) is 10.7. The number of hydrogen-bond donors (Lipinski definition) is 0. The largest absolute Gasteiger partial charge is 0.379 e. The Kier molecular flexibility index (Phi) is 9.97. The van der Waals surface area contributed by atoms with Crippen LogP contribution in [0.4, 0.5) is 0 Å². The van der Waals surface area contributed by atoms with Gasteiger partial charge < -0.3 is 9.47 Å². The van der Waals surface area contributed by atoms with Gasteiger partial charge in [0.05, 0.1) is 13.2 Å². The minimum absolute atomic E-state index is 0.778. The third-order valence-corrected chi connectivity index (χ3v) is 3.20. The second kappa shape index (κ2) is 11.4. The van der Waals surface area contributed by atoms with Crippen molar-refractivity contribution in [2.24, 2.45) is 0 Å². The minimum Gasteiger partial charge on any atom is -0.379 e. The first kappa shape index (κ1) is 14.0. The fourth-order valence-corrected chi connectivity index (χ4v) is 2.14. The summed E-state index contributed by atoms with van der Waals surface area (Å²) in [4.78, 5) is 0. The SMILES string of the molecule is C1CCCCCCOCCOCCCCC1. The van der Waals surface area contributed by atoms with Crippen molar-refractivity contribution >= 4 is 0 Å². The number of ether oxygens (including phenoxy) is 2. The van der Waals surface area contributed by atoms with Gasteiger partial charge in [-0.25, -0.2) is 0 Å². The zero-order valence-corrected chi connectivity index (χ0v) is 10.7. The van der Waals surface area contributed by atoms with Crippen LogP contribution in [0.25, 0.3) is 0 Å². The molecule has 0 amide bonds. The molecule has 1 saturated heterocycles. The fraction of sp³-hybridized carbons (Fsp3) is 1.00. The molecule has 0 saturated carbocycles. The predicted molar refractivity (Wildman–Crippen MR) is 67.8 cm³/mol. The number of rotatable bonds is 0. The van der Waals surface area contributed by atoms with Crippen molar-refractivity contribution in [2.45, 2.75) is 64.2 Å². The molecule has 0 aliphatic carbocycles. The standard InChI is InChI=1S/C14H28O2/c1-2-4-6-8-10-12-16-14-13-15-11-9-7-5-3-1/h1-14H2. The molecule has 1 fully saturated rings. The topological polar surface area (TPSA) is 18.5 Å². The van der Waals surface area contributed by atoms with E-state index in [0.29, 0.717) is 0 Å². The van der Waals surface area contributed by atoms with Crippen LogP contribution in [-0.4, -0.2) is 26.4 Å². The van der Waals surface area contributed by atoms with Crippen molar-refractivity contribution in [1.29, 1.82) is 0 Å². The van der Waals surface area contributed by atoms with Crippen molar-refractivity contribution in [3.63, 3.8) is 0 Å². The summed E-state index contributed by atoms with van der Waals surface area (Å²) in [5, 5.41) is 0. The minimum atomic E-state index is 0.778. The normalized spacial score (nSPS) is 24.0. The lowest BCUT2D eigenvalue weighted by atomic mass is 10.1. The predicted octanol–water partition coefficient (Wildman–Crippen LogP) is 3.93. The highest BCUT2D eigenvalue weighted by atomic mass is 16.5. The molecule has 0 aromatic rings. The molecule has 0 bridgehead atoms. The summed E-state index contributed by atoms with van der Waals surface area (Å²) >= 11 is 0. The van der Waals surface area contributed by atoms with Crippen LogP contribution in [0, 0.1) is 0 Å². The molecule has 1 rings (SSSR count). The maximum absolute atomic E-state index is 5.51. The molecule has 1 aliphatic heterocycles. The monoisotopic (exact) mass is 228 g/mol. The molecule has 0 aromatic carbocycles. The van der Waals surface area contributed by atoms with E-state index in [-0.39, 0.29) is 0 Å². The molecule has 1 aliphatic rings. The van der Waals surface area contributed by atoms with Crippen molar-refractivity contribution in [2.75, 3.05) is 26.4 Å². The average Bonchev–Trinajstić information content (AvgIpc) is 2.29. The highest BCUT2D eigenvalue weighted by molar-refractivity contribution is 4.49. The first-order chi connectivity index (χ1) is 8.00. The van der Waals surface area contributed by atoms with E-state index in [1.165, 1.54) is 64.2 Å². The lowest BCUT2D eigenvalue weighted by molar-refractivity contribution is 0.0447. The summed E-state index contributed by atoms with van der Waals surface area (Å²) in [7, 11) is 0. The quantitative estimate of drug-likeness (QED) is 0.625. The molecule has 2 nitrogen and oxygen atoms in total. The van der Waals surface area contributed by atoms with E-state index in [1.54, 1.807) is 0 Å². The number of hydrogen-bond acceptors (Lipinski definition) is 2. The van der Waals surface area contributed by atoms with Crippen LogP contribution in [0.5, 0.6) is 0 Å². The third kappa shape index (κ3) is 9.17. The van der Waals surface area contributed by atoms with Crippen molar-refractivity contribution < 1.29 is 9.47 Å². The molecular formula is C14H28O2. The van der Waals surface area contributed by atoms with E-state index >= 15 is 0 Å². The van der Waals surface area contributed by atoms with E-state index in [1.807, 2.05) is 0 Å². The second-order valence-electron chi connectivity index (χ2n) is 4.76. The maximum atomic E-state index is 5.51. The Balaban J connectivity index is 2.00. The molecule has 0 spiro atoms. The van der Waals surface area contributed by atoms with Crippen LogP contribution >= 0.6 is 0 Å². The first-order valence-corrected chi connectivity index (χ1v) is 7.15. The van der Waals surface area contributed by atoms with Crippen LogP contribution in [0.1, 0.15) is 64.2 Å². The van der Waals surface area contributed by atoms with Crippen LogP contribution in [0.15, 0.2) is 0 Å². The Morgan fingerprint density at radius 1 is 0.312 bits per heavy atom. The van der Waals surface area contributed by atoms with Gasteiger partial charge in [-0.3, -0.25) is 0 Å². The molecular weight excluding hydrogens is 200 g/mol. The summed E-state index contributed by atoms with van der Waals surface area (Å²) in [6.45, 7) is 3.40. The van der Waals surface area contributed by atoms with Crippen LogP contribution in [-0.2, 0) is 9.47 Å². The molecule has 0 aromatic heterocycles. The molecule has 1 heterocycles. The van der Waals surface area contributed by atoms with Gasteiger partial charge in [0.2, 0.25) is 0 Å². The van der Waals surface area contributed by atoms with E-state index in [0.717, 1.165) is 26.4 Å². The summed E-state index contributed by atoms with van der Waals surface area (Å²) < 4.78 is 11.0. The first-order valence-electron chi connectivity index (χ1n) is 7.15. The lowest BCUT2D eigenvalue weighted by Crippen LogP contribution is -2.06.